The van der Waals surface area contributed by atoms with Crippen LogP contribution in [-0.2, 0) is 24.0 Å². The summed E-state index contributed by atoms with van der Waals surface area (Å²) in [5, 5.41) is 19.8. The number of nitrogens with one attached hydrogen (secondary N) is 1. The normalized spacial score (nSPS) is 13.6. The topological polar surface area (TPSA) is 128 Å². The lowest BCUT2D eigenvalue weighted by Gasteiger charge is -2.22. The van der Waals surface area contributed by atoms with Crippen molar-refractivity contribution in [2.24, 2.45) is 0 Å². The van der Waals surface area contributed by atoms with Crippen molar-refractivity contribution in [1.29, 1.82) is 0 Å². The van der Waals surface area contributed by atoms with Crippen LogP contribution in [0.25, 0.3) is 0 Å². The van der Waals surface area contributed by atoms with E-state index in [4.69, 9.17) is 9.94 Å². The van der Waals surface area contributed by atoms with Gasteiger partial charge in [0.2, 0.25) is 5.91 Å². The summed E-state index contributed by atoms with van der Waals surface area (Å²) < 4.78 is 4.79. The Balaban J connectivity index is 4.30. The fourth-order valence-corrected chi connectivity index (χ4v) is 2.24. The second-order valence-corrected chi connectivity index (χ2v) is 5.12. The zero-order chi connectivity index (χ0) is 16.4. The van der Waals surface area contributed by atoms with Gasteiger partial charge in [-0.1, -0.05) is 11.8 Å². The molecule has 0 saturated carbocycles. The number of amides is 1. The maximum Gasteiger partial charge on any atom is 0.329 e. The minimum absolute atomic E-state index is 0.00415. The van der Waals surface area contributed by atoms with Crippen molar-refractivity contribution in [1.82, 2.24) is 10.7 Å². The van der Waals surface area contributed by atoms with E-state index in [0.717, 1.165) is 11.8 Å². The molecular formula is C11H19N2O7S-. The molecular weight excluding hydrogens is 304 g/mol. The lowest BCUT2D eigenvalue weighted by atomic mass is 10.3. The number of thioether (sulfide) groups is 1. The average molecular weight is 323 g/mol. The number of nitrogens with zero attached hydrogens (tertiary/aromatic N) is 1. The Morgan fingerprint density at radius 2 is 2.05 bits per heavy atom. The van der Waals surface area contributed by atoms with Crippen LogP contribution in [0.4, 0.5) is 0 Å². The first kappa shape index (κ1) is 19.8. The van der Waals surface area contributed by atoms with E-state index in [9.17, 15) is 19.6 Å². The Labute approximate surface area is 126 Å². The number of hydrogen-bond acceptors (Lipinski definition) is 9. The molecule has 0 bridgehead atoms. The van der Waals surface area contributed by atoms with Crippen LogP contribution in [0.1, 0.15) is 27.2 Å². The van der Waals surface area contributed by atoms with Crippen LogP contribution < -0.4 is 5.32 Å². The zero-order valence-electron chi connectivity index (χ0n) is 12.0. The lowest BCUT2D eigenvalue weighted by Crippen LogP contribution is -2.43. The van der Waals surface area contributed by atoms with Gasteiger partial charge < -0.3 is 20.5 Å². The number of ether oxygens (including phenoxy) is 1. The maximum atomic E-state index is 11.6. The summed E-state index contributed by atoms with van der Waals surface area (Å²) in [4.78, 5) is 38.5. The molecule has 0 aromatic carbocycles. The Bertz CT molecular complexity index is 364. The summed E-state index contributed by atoms with van der Waals surface area (Å²) in [6, 6.07) is -0.929. The molecule has 0 aliphatic carbocycles. The molecule has 0 saturated heterocycles. The second-order valence-electron chi connectivity index (χ2n) is 4.05. The Kier molecular flexibility index (Phi) is 9.91. The number of carbonyl (C=O) groups excluding carboxylic acids is 3. The van der Waals surface area contributed by atoms with Crippen LogP contribution in [0, 0.1) is 5.21 Å². The van der Waals surface area contributed by atoms with Crippen molar-refractivity contribution in [3.63, 3.8) is 0 Å². The molecule has 0 spiro atoms. The van der Waals surface area contributed by atoms with E-state index in [2.05, 4.69) is 10.2 Å². The van der Waals surface area contributed by atoms with E-state index in [1.165, 1.54) is 13.8 Å². The van der Waals surface area contributed by atoms with E-state index >= 15 is 0 Å². The van der Waals surface area contributed by atoms with E-state index in [1.54, 1.807) is 6.92 Å². The highest BCUT2D eigenvalue weighted by atomic mass is 32.2. The highest BCUT2D eigenvalue weighted by Gasteiger charge is 2.22. The molecule has 122 valence electrons. The van der Waals surface area contributed by atoms with Gasteiger partial charge in [0, 0.05) is 19.1 Å². The van der Waals surface area contributed by atoms with Gasteiger partial charge in [-0.25, -0.2) is 4.79 Å². The summed E-state index contributed by atoms with van der Waals surface area (Å²) in [6.45, 7) is 4.47. The molecule has 0 aliphatic rings. The molecule has 0 aromatic rings. The van der Waals surface area contributed by atoms with Gasteiger partial charge in [-0.2, -0.15) is 0 Å². The van der Waals surface area contributed by atoms with E-state index < -0.39 is 29.4 Å². The van der Waals surface area contributed by atoms with Crippen LogP contribution in [0.3, 0.4) is 0 Å². The third-order valence-electron chi connectivity index (χ3n) is 2.08. The number of carbonyl (C=O) groups is 3. The summed E-state index contributed by atoms with van der Waals surface area (Å²) in [5.41, 5.74) is 0. The van der Waals surface area contributed by atoms with Crippen LogP contribution >= 0.6 is 11.8 Å². The molecule has 0 aliphatic heterocycles. The minimum atomic E-state index is -0.929. The smallest absolute Gasteiger partial charge is 0.329 e. The molecule has 21 heavy (non-hydrogen) atoms. The van der Waals surface area contributed by atoms with Crippen molar-refractivity contribution < 1.29 is 29.2 Å². The Hall–Kier alpha value is -1.20. The first-order valence-electron chi connectivity index (χ1n) is 6.18. The van der Waals surface area contributed by atoms with Gasteiger partial charge in [0.25, 0.3) is 0 Å². The standard InChI is InChI=1S/C11H19N2O7S/c1-4-19-11(16)9(12-8(3)14)6-21-10(15)5-7(2)20-13(17)18/h7,9,17H,4-6H2,1-3H3,(H,12,14)/q-1/t7-,9-/m0/s1. The monoisotopic (exact) mass is 323 g/mol. The van der Waals surface area contributed by atoms with E-state index in [1.807, 2.05) is 0 Å². The van der Waals surface area contributed by atoms with Gasteiger partial charge in [0.15, 0.2) is 5.12 Å². The number of esters is 1. The van der Waals surface area contributed by atoms with E-state index in [0.29, 0.717) is 0 Å². The van der Waals surface area contributed by atoms with Crippen molar-refractivity contribution in [2.45, 2.75) is 39.3 Å². The molecule has 0 radical (unpaired) electrons. The first-order valence-corrected chi connectivity index (χ1v) is 7.17. The predicted molar refractivity (Wildman–Crippen MR) is 73.9 cm³/mol. The summed E-state index contributed by atoms with van der Waals surface area (Å²) in [7, 11) is 0. The lowest BCUT2D eigenvalue weighted by molar-refractivity contribution is -0.324. The number of hydrogen-bond donors (Lipinski definition) is 2. The summed E-state index contributed by atoms with van der Waals surface area (Å²) in [5.74, 6) is -1.04. The van der Waals surface area contributed by atoms with Gasteiger partial charge in [-0.15, -0.1) is 5.39 Å². The molecule has 0 aromatic heterocycles. The highest BCUT2D eigenvalue weighted by Crippen LogP contribution is 2.12. The average Bonchev–Trinajstić information content (AvgIpc) is 2.32. The molecule has 0 heterocycles. The van der Waals surface area contributed by atoms with Crippen molar-refractivity contribution >= 4 is 28.8 Å². The van der Waals surface area contributed by atoms with Crippen molar-refractivity contribution in [3.8, 4) is 0 Å². The highest BCUT2D eigenvalue weighted by molar-refractivity contribution is 8.13. The quantitative estimate of drug-likeness (QED) is 0.452. The molecule has 9 nitrogen and oxygen atoms in total. The van der Waals surface area contributed by atoms with Gasteiger partial charge in [-0.3, -0.25) is 14.4 Å². The van der Waals surface area contributed by atoms with Gasteiger partial charge in [-0.05, 0) is 13.8 Å². The molecule has 10 heteroatoms. The molecule has 2 N–H and O–H groups in total. The molecule has 0 fully saturated rings. The molecule has 2 atom stereocenters. The Morgan fingerprint density at radius 3 is 2.52 bits per heavy atom. The zero-order valence-corrected chi connectivity index (χ0v) is 12.8. The first-order chi connectivity index (χ1) is 9.76. The fourth-order valence-electron chi connectivity index (χ4n) is 1.32. The third kappa shape index (κ3) is 10.2. The van der Waals surface area contributed by atoms with Gasteiger partial charge >= 0.3 is 5.97 Å². The Morgan fingerprint density at radius 1 is 1.43 bits per heavy atom. The van der Waals surface area contributed by atoms with Crippen LogP contribution in [0.5, 0.6) is 0 Å². The van der Waals surface area contributed by atoms with Gasteiger partial charge in [0.1, 0.15) is 6.04 Å². The SMILES string of the molecule is CCOC(=O)[C@H](CSC(=O)C[C@H](C)ON([O-])O)NC(C)=O. The largest absolute Gasteiger partial charge is 0.738 e. The fraction of sp³-hybridized carbons (Fsp3) is 0.727. The van der Waals surface area contributed by atoms with Crippen molar-refractivity contribution in [3.05, 3.63) is 5.21 Å². The summed E-state index contributed by atoms with van der Waals surface area (Å²) in [6.07, 6.45) is -0.950. The number of rotatable bonds is 9. The van der Waals surface area contributed by atoms with Crippen LogP contribution in [0.15, 0.2) is 0 Å². The second kappa shape index (κ2) is 10.5. The predicted octanol–water partition coefficient (Wildman–Crippen LogP) is 0.213. The summed E-state index contributed by atoms with van der Waals surface area (Å²) >= 11 is 0.799. The van der Waals surface area contributed by atoms with Crippen molar-refractivity contribution in [2.75, 3.05) is 12.4 Å². The van der Waals surface area contributed by atoms with Gasteiger partial charge in [0.05, 0.1) is 12.7 Å². The molecule has 0 unspecified atom stereocenters. The van der Waals surface area contributed by atoms with Crippen LogP contribution in [-0.4, -0.2) is 52.1 Å². The molecule has 1 amide bonds. The third-order valence-corrected chi connectivity index (χ3v) is 3.07. The van der Waals surface area contributed by atoms with E-state index in [-0.39, 0.29) is 23.9 Å². The maximum absolute atomic E-state index is 11.6. The van der Waals surface area contributed by atoms with Crippen LogP contribution in [0.2, 0.25) is 0 Å². The molecule has 0 rings (SSSR count). The minimum Gasteiger partial charge on any atom is -0.738 e.